The summed E-state index contributed by atoms with van der Waals surface area (Å²) in [5.41, 5.74) is 8.29. The Bertz CT molecular complexity index is 622. The number of nitrogens with two attached hydrogens (primary N) is 1. The minimum Gasteiger partial charge on any atom is -0.506 e. The quantitative estimate of drug-likeness (QED) is 0.775. The third-order valence-electron chi connectivity index (χ3n) is 2.72. The number of phenols is 1. The fraction of sp³-hybridized carbons (Fsp3) is 0.167. The number of rotatable bonds is 1. The molecule has 86 valence electrons. The van der Waals surface area contributed by atoms with Gasteiger partial charge in [-0.2, -0.15) is 10.4 Å². The first-order valence-electron chi connectivity index (χ1n) is 5.06. The molecule has 1 aromatic heterocycles. The number of hydrogen-bond donors (Lipinski definition) is 2. The number of aryl methyl sites for hydroxylation is 2. The van der Waals surface area contributed by atoms with Crippen molar-refractivity contribution in [1.29, 1.82) is 5.26 Å². The van der Waals surface area contributed by atoms with E-state index in [0.29, 0.717) is 11.4 Å². The van der Waals surface area contributed by atoms with Gasteiger partial charge in [0.15, 0.2) is 0 Å². The van der Waals surface area contributed by atoms with Crippen molar-refractivity contribution < 1.29 is 5.11 Å². The lowest BCUT2D eigenvalue weighted by atomic mass is 10.0. The van der Waals surface area contributed by atoms with E-state index in [0.717, 1.165) is 11.1 Å². The van der Waals surface area contributed by atoms with Crippen molar-refractivity contribution in [1.82, 2.24) is 9.78 Å². The molecule has 2 rings (SSSR count). The molecule has 0 amide bonds. The highest BCUT2D eigenvalue weighted by molar-refractivity contribution is 5.76. The second-order valence-electron chi connectivity index (χ2n) is 3.87. The third kappa shape index (κ3) is 1.70. The molecule has 0 aliphatic carbocycles. The van der Waals surface area contributed by atoms with Crippen LogP contribution in [0.15, 0.2) is 18.3 Å². The molecule has 0 saturated carbocycles. The van der Waals surface area contributed by atoms with Gasteiger partial charge in [-0.15, -0.1) is 0 Å². The summed E-state index contributed by atoms with van der Waals surface area (Å²) in [5.74, 6) is 0.540. The number of aromatic hydroxyl groups is 1. The van der Waals surface area contributed by atoms with Gasteiger partial charge in [0, 0.05) is 12.6 Å². The molecule has 17 heavy (non-hydrogen) atoms. The Morgan fingerprint density at radius 1 is 1.47 bits per heavy atom. The Labute approximate surface area is 98.7 Å². The Balaban J connectivity index is 2.66. The van der Waals surface area contributed by atoms with Crippen LogP contribution in [0, 0.1) is 18.3 Å². The topological polar surface area (TPSA) is 87.9 Å². The van der Waals surface area contributed by atoms with Crippen molar-refractivity contribution in [2.75, 3.05) is 5.73 Å². The first-order valence-corrected chi connectivity index (χ1v) is 5.06. The molecule has 0 aliphatic rings. The summed E-state index contributed by atoms with van der Waals surface area (Å²) in [6, 6.07) is 5.34. The number of nitriles is 1. The number of hydrogen-bond acceptors (Lipinski definition) is 4. The lowest BCUT2D eigenvalue weighted by Crippen LogP contribution is -1.98. The van der Waals surface area contributed by atoms with Gasteiger partial charge >= 0.3 is 0 Å². The van der Waals surface area contributed by atoms with Crippen molar-refractivity contribution >= 4 is 5.82 Å². The second-order valence-corrected chi connectivity index (χ2v) is 3.87. The first-order chi connectivity index (χ1) is 8.04. The monoisotopic (exact) mass is 228 g/mol. The van der Waals surface area contributed by atoms with Crippen LogP contribution >= 0.6 is 0 Å². The fourth-order valence-corrected chi connectivity index (χ4v) is 1.69. The molecule has 5 heteroatoms. The molecule has 0 atom stereocenters. The van der Waals surface area contributed by atoms with E-state index >= 15 is 0 Å². The summed E-state index contributed by atoms with van der Waals surface area (Å²) in [7, 11) is 1.75. The SMILES string of the molecule is Cc1cc(-c2cnn(C)c2N)cc(C#N)c1O. The molecule has 5 nitrogen and oxygen atoms in total. The van der Waals surface area contributed by atoms with E-state index in [-0.39, 0.29) is 11.3 Å². The molecular weight excluding hydrogens is 216 g/mol. The van der Waals surface area contributed by atoms with Gasteiger partial charge in [-0.1, -0.05) is 0 Å². The van der Waals surface area contributed by atoms with Crippen LogP contribution in [-0.4, -0.2) is 14.9 Å². The average molecular weight is 228 g/mol. The summed E-state index contributed by atoms with van der Waals surface area (Å²) in [4.78, 5) is 0. The van der Waals surface area contributed by atoms with E-state index in [2.05, 4.69) is 5.10 Å². The van der Waals surface area contributed by atoms with E-state index in [1.54, 1.807) is 37.0 Å². The van der Waals surface area contributed by atoms with Crippen LogP contribution in [0.4, 0.5) is 5.82 Å². The van der Waals surface area contributed by atoms with Crippen LogP contribution in [0.2, 0.25) is 0 Å². The van der Waals surface area contributed by atoms with Gasteiger partial charge in [-0.3, -0.25) is 4.68 Å². The molecule has 0 unspecified atom stereocenters. The van der Waals surface area contributed by atoms with E-state index in [1.807, 2.05) is 6.07 Å². The maximum absolute atomic E-state index is 9.67. The normalized spacial score (nSPS) is 10.2. The van der Waals surface area contributed by atoms with Crippen molar-refractivity contribution in [2.24, 2.45) is 7.05 Å². The number of phenolic OH excluding ortho intramolecular Hbond substituents is 1. The zero-order valence-electron chi connectivity index (χ0n) is 9.60. The van der Waals surface area contributed by atoms with Gasteiger partial charge in [-0.05, 0) is 30.2 Å². The Morgan fingerprint density at radius 3 is 2.71 bits per heavy atom. The van der Waals surface area contributed by atoms with Crippen LogP contribution in [0.3, 0.4) is 0 Å². The van der Waals surface area contributed by atoms with Gasteiger partial charge in [0.25, 0.3) is 0 Å². The lowest BCUT2D eigenvalue weighted by Gasteiger charge is -2.06. The van der Waals surface area contributed by atoms with Gasteiger partial charge in [0.2, 0.25) is 0 Å². The minimum absolute atomic E-state index is 0.0127. The smallest absolute Gasteiger partial charge is 0.136 e. The van der Waals surface area contributed by atoms with E-state index in [1.165, 1.54) is 0 Å². The van der Waals surface area contributed by atoms with Gasteiger partial charge in [-0.25, -0.2) is 0 Å². The van der Waals surface area contributed by atoms with Crippen molar-refractivity contribution in [3.63, 3.8) is 0 Å². The highest BCUT2D eigenvalue weighted by Gasteiger charge is 2.12. The molecule has 0 fully saturated rings. The first kappa shape index (κ1) is 11.0. The van der Waals surface area contributed by atoms with Crippen LogP contribution < -0.4 is 5.73 Å². The molecule has 2 aromatic rings. The second kappa shape index (κ2) is 3.83. The molecule has 0 saturated heterocycles. The van der Waals surface area contributed by atoms with Crippen LogP contribution in [0.25, 0.3) is 11.1 Å². The summed E-state index contributed by atoms with van der Waals surface area (Å²) in [6.45, 7) is 1.74. The Hall–Kier alpha value is -2.48. The lowest BCUT2D eigenvalue weighted by molar-refractivity contribution is 0.469. The predicted molar refractivity (Wildman–Crippen MR) is 64.2 cm³/mol. The third-order valence-corrected chi connectivity index (χ3v) is 2.72. The number of anilines is 1. The van der Waals surface area contributed by atoms with E-state index < -0.39 is 0 Å². The van der Waals surface area contributed by atoms with E-state index in [9.17, 15) is 5.11 Å². The zero-order valence-corrected chi connectivity index (χ0v) is 9.60. The number of nitrogens with zero attached hydrogens (tertiary/aromatic N) is 3. The molecule has 1 heterocycles. The van der Waals surface area contributed by atoms with Crippen molar-refractivity contribution in [3.05, 3.63) is 29.5 Å². The molecule has 0 bridgehead atoms. The maximum atomic E-state index is 9.67. The van der Waals surface area contributed by atoms with E-state index in [4.69, 9.17) is 11.0 Å². The van der Waals surface area contributed by atoms with Gasteiger partial charge in [0.1, 0.15) is 17.6 Å². The number of nitrogen functional groups attached to an aromatic ring is 1. The summed E-state index contributed by atoms with van der Waals surface area (Å²) in [5, 5.41) is 22.6. The summed E-state index contributed by atoms with van der Waals surface area (Å²) < 4.78 is 1.56. The standard InChI is InChI=1S/C12H12N4O/c1-7-3-8(4-9(5-13)11(7)17)10-6-15-16(2)12(10)14/h3-4,6,17H,14H2,1-2H3. The van der Waals surface area contributed by atoms with Crippen molar-refractivity contribution in [3.8, 4) is 22.9 Å². The maximum Gasteiger partial charge on any atom is 0.136 e. The fourth-order valence-electron chi connectivity index (χ4n) is 1.69. The largest absolute Gasteiger partial charge is 0.506 e. The summed E-state index contributed by atoms with van der Waals surface area (Å²) >= 11 is 0. The molecular formula is C12H12N4O. The molecule has 1 aromatic carbocycles. The zero-order chi connectivity index (χ0) is 12.6. The molecule has 0 spiro atoms. The molecule has 3 N–H and O–H groups in total. The molecule has 0 aliphatic heterocycles. The van der Waals surface area contributed by atoms with Crippen LogP contribution in [0.1, 0.15) is 11.1 Å². The highest BCUT2D eigenvalue weighted by Crippen LogP contribution is 2.31. The number of benzene rings is 1. The van der Waals surface area contributed by atoms with Crippen molar-refractivity contribution in [2.45, 2.75) is 6.92 Å². The molecule has 0 radical (unpaired) electrons. The minimum atomic E-state index is 0.0127. The Kier molecular flexibility index (Phi) is 2.48. The number of aromatic nitrogens is 2. The average Bonchev–Trinajstić information content (AvgIpc) is 2.64. The van der Waals surface area contributed by atoms with Gasteiger partial charge in [0.05, 0.1) is 11.8 Å². The van der Waals surface area contributed by atoms with Gasteiger partial charge < -0.3 is 10.8 Å². The van der Waals surface area contributed by atoms with Crippen LogP contribution in [0.5, 0.6) is 5.75 Å². The Morgan fingerprint density at radius 2 is 2.18 bits per heavy atom. The highest BCUT2D eigenvalue weighted by atomic mass is 16.3. The predicted octanol–water partition coefficient (Wildman–Crippen LogP) is 1.55. The summed E-state index contributed by atoms with van der Waals surface area (Å²) in [6.07, 6.45) is 1.64. The van der Waals surface area contributed by atoms with Crippen LogP contribution in [-0.2, 0) is 7.05 Å².